The fourth-order valence-corrected chi connectivity index (χ4v) is 6.84. The lowest BCUT2D eigenvalue weighted by Crippen LogP contribution is -2.42. The third kappa shape index (κ3) is 3.76. The average molecular weight is 548 g/mol. The van der Waals surface area contributed by atoms with Crippen molar-refractivity contribution in [2.75, 3.05) is 18.0 Å². The van der Waals surface area contributed by atoms with Gasteiger partial charge < -0.3 is 19.1 Å². The number of aromatic carboxylic acids is 1. The van der Waals surface area contributed by atoms with Gasteiger partial charge in [-0.1, -0.05) is 46.6 Å². The van der Waals surface area contributed by atoms with Gasteiger partial charge in [0.2, 0.25) is 0 Å². The first-order valence-electron chi connectivity index (χ1n) is 13.1. The highest BCUT2D eigenvalue weighted by molar-refractivity contribution is 6.39. The lowest BCUT2D eigenvalue weighted by molar-refractivity contribution is 0.0687. The van der Waals surface area contributed by atoms with Gasteiger partial charge in [-0.15, -0.1) is 0 Å². The van der Waals surface area contributed by atoms with E-state index in [4.69, 9.17) is 27.7 Å². The second kappa shape index (κ2) is 8.65. The summed E-state index contributed by atoms with van der Waals surface area (Å²) in [4.78, 5) is 13.9. The van der Waals surface area contributed by atoms with Crippen LogP contribution < -0.4 is 4.90 Å². The van der Waals surface area contributed by atoms with E-state index in [0.717, 1.165) is 84.4 Å². The predicted octanol–water partition coefficient (Wildman–Crippen LogP) is 7.79. The number of rotatable bonds is 5. The molecule has 2 fully saturated rings. The topological polar surface area (TPSA) is 71.5 Å². The number of carbonyl (C=O) groups is 1. The lowest BCUT2D eigenvalue weighted by atomic mass is 9.63. The molecule has 3 aliphatic rings. The zero-order valence-corrected chi connectivity index (χ0v) is 22.5. The van der Waals surface area contributed by atoms with E-state index in [0.29, 0.717) is 21.7 Å². The number of hydrogen-bond acceptors (Lipinski definition) is 4. The smallest absolute Gasteiger partial charge is 0.352 e. The van der Waals surface area contributed by atoms with Crippen LogP contribution in [-0.2, 0) is 7.05 Å². The SMILES string of the molecule is Cn1c(C(=O)O)cc2ccc(N3CCC4(C=C(c5c(-c6c(Cl)cccc6Cl)noc5C5CC5)C4)CC3)cc21. The van der Waals surface area contributed by atoms with Gasteiger partial charge in [0, 0.05) is 48.3 Å². The number of aryl methyl sites for hydroxylation is 1. The minimum atomic E-state index is -0.907. The first kappa shape index (κ1) is 23.9. The van der Waals surface area contributed by atoms with Crippen LogP contribution in [0.5, 0.6) is 0 Å². The molecule has 2 aliphatic carbocycles. The van der Waals surface area contributed by atoms with Crippen LogP contribution in [0.25, 0.3) is 27.7 Å². The minimum Gasteiger partial charge on any atom is -0.477 e. The molecule has 2 aromatic heterocycles. The highest BCUT2D eigenvalue weighted by atomic mass is 35.5. The first-order valence-corrected chi connectivity index (χ1v) is 13.8. The molecular weight excluding hydrogens is 521 g/mol. The maximum atomic E-state index is 11.5. The summed E-state index contributed by atoms with van der Waals surface area (Å²) < 4.78 is 7.65. The monoisotopic (exact) mass is 547 g/mol. The quantitative estimate of drug-likeness (QED) is 0.276. The van der Waals surface area contributed by atoms with E-state index in [-0.39, 0.29) is 5.41 Å². The largest absolute Gasteiger partial charge is 0.477 e. The Kier molecular flexibility index (Phi) is 5.43. The third-order valence-corrected chi connectivity index (χ3v) is 9.21. The van der Waals surface area contributed by atoms with Crippen LogP contribution in [-0.4, -0.2) is 33.9 Å². The molecule has 6 nitrogen and oxygen atoms in total. The van der Waals surface area contributed by atoms with Crippen molar-refractivity contribution in [3.63, 3.8) is 0 Å². The molecule has 0 bridgehead atoms. The summed E-state index contributed by atoms with van der Waals surface area (Å²) in [7, 11) is 1.81. The van der Waals surface area contributed by atoms with Gasteiger partial charge in [0.1, 0.15) is 17.1 Å². The average Bonchev–Trinajstić information content (AvgIpc) is 3.56. The van der Waals surface area contributed by atoms with Crippen LogP contribution in [0.1, 0.15) is 59.8 Å². The summed E-state index contributed by atoms with van der Waals surface area (Å²) in [5.41, 5.74) is 6.46. The molecule has 38 heavy (non-hydrogen) atoms. The van der Waals surface area contributed by atoms with Crippen molar-refractivity contribution in [2.45, 2.75) is 38.0 Å². The van der Waals surface area contributed by atoms with E-state index in [1.807, 2.05) is 31.3 Å². The second-order valence-corrected chi connectivity index (χ2v) is 11.8. The second-order valence-electron chi connectivity index (χ2n) is 11.0. The molecule has 194 valence electrons. The fraction of sp³-hybridized carbons (Fsp3) is 0.333. The molecule has 1 saturated heterocycles. The number of nitrogens with zero attached hydrogens (tertiary/aromatic N) is 3. The van der Waals surface area contributed by atoms with Gasteiger partial charge in [0.15, 0.2) is 0 Å². The summed E-state index contributed by atoms with van der Waals surface area (Å²) >= 11 is 13.1. The first-order chi connectivity index (χ1) is 18.3. The molecule has 1 aliphatic heterocycles. The Labute approximate surface area is 230 Å². The lowest BCUT2D eigenvalue weighted by Gasteiger charge is -2.47. The number of carboxylic acids is 1. The summed E-state index contributed by atoms with van der Waals surface area (Å²) in [6, 6.07) is 13.5. The molecule has 8 heteroatoms. The highest BCUT2D eigenvalue weighted by Crippen LogP contribution is 2.56. The standard InChI is InChI=1S/C30H27Cl2N3O3/c1-34-23-14-20(8-7-18(23)13-24(34)29(36)37)35-11-9-30(10-12-35)15-19(16-30)25-27(33-38-28(25)17-5-6-17)26-21(31)3-2-4-22(26)32/h2-4,7-8,13-15,17H,5-6,9-12,16H2,1H3,(H,36,37). The van der Waals surface area contributed by atoms with Crippen LogP contribution in [0, 0.1) is 5.41 Å². The van der Waals surface area contributed by atoms with Gasteiger partial charge in [0.05, 0.1) is 15.6 Å². The summed E-state index contributed by atoms with van der Waals surface area (Å²) in [6.07, 6.45) is 7.82. The molecule has 1 saturated carbocycles. The molecule has 4 aromatic rings. The molecule has 7 rings (SSSR count). The zero-order valence-electron chi connectivity index (χ0n) is 21.0. The maximum absolute atomic E-state index is 11.5. The minimum absolute atomic E-state index is 0.178. The number of halogens is 2. The summed E-state index contributed by atoms with van der Waals surface area (Å²) in [6.45, 7) is 1.90. The van der Waals surface area contributed by atoms with Crippen molar-refractivity contribution in [3.8, 4) is 11.3 Å². The zero-order chi connectivity index (χ0) is 26.2. The van der Waals surface area contributed by atoms with Gasteiger partial charge in [-0.25, -0.2) is 4.79 Å². The number of aromatic nitrogens is 2. The van der Waals surface area contributed by atoms with Crippen molar-refractivity contribution in [3.05, 3.63) is 75.6 Å². The predicted molar refractivity (Wildman–Crippen MR) is 150 cm³/mol. The number of anilines is 1. The normalized spacial score (nSPS) is 18.6. The van der Waals surface area contributed by atoms with Crippen LogP contribution in [0.2, 0.25) is 10.0 Å². The number of fused-ring (bicyclic) bond motifs is 1. The van der Waals surface area contributed by atoms with Gasteiger partial charge in [-0.3, -0.25) is 0 Å². The number of allylic oxidation sites excluding steroid dienone is 2. The summed E-state index contributed by atoms with van der Waals surface area (Å²) in [5.74, 6) is 0.502. The highest BCUT2D eigenvalue weighted by Gasteiger charge is 2.44. The van der Waals surface area contributed by atoms with Crippen molar-refractivity contribution in [1.29, 1.82) is 0 Å². The van der Waals surface area contributed by atoms with Gasteiger partial charge in [-0.05, 0) is 73.4 Å². The van der Waals surface area contributed by atoms with E-state index < -0.39 is 5.97 Å². The van der Waals surface area contributed by atoms with E-state index in [1.165, 1.54) is 5.57 Å². The molecule has 0 radical (unpaired) electrons. The van der Waals surface area contributed by atoms with Gasteiger partial charge in [0.25, 0.3) is 0 Å². The van der Waals surface area contributed by atoms with E-state index in [1.54, 1.807) is 10.6 Å². The van der Waals surface area contributed by atoms with Crippen molar-refractivity contribution in [2.24, 2.45) is 12.5 Å². The van der Waals surface area contributed by atoms with E-state index in [2.05, 4.69) is 28.3 Å². The molecule has 0 unspecified atom stereocenters. The Balaban J connectivity index is 1.14. The summed E-state index contributed by atoms with van der Waals surface area (Å²) in [5, 5.41) is 16.1. The van der Waals surface area contributed by atoms with Crippen LogP contribution >= 0.6 is 23.2 Å². The van der Waals surface area contributed by atoms with E-state index in [9.17, 15) is 9.90 Å². The number of hydrogen-bond donors (Lipinski definition) is 1. The molecule has 1 spiro atoms. The Hall–Kier alpha value is -3.22. The Bertz CT molecular complexity index is 1620. The Morgan fingerprint density at radius 2 is 1.79 bits per heavy atom. The van der Waals surface area contributed by atoms with Crippen LogP contribution in [0.3, 0.4) is 0 Å². The van der Waals surface area contributed by atoms with E-state index >= 15 is 0 Å². The molecular formula is C30H27Cl2N3O3. The number of piperidine rings is 1. The molecule has 0 atom stereocenters. The maximum Gasteiger partial charge on any atom is 0.352 e. The molecule has 3 heterocycles. The van der Waals surface area contributed by atoms with Crippen molar-refractivity contribution in [1.82, 2.24) is 9.72 Å². The van der Waals surface area contributed by atoms with Crippen LogP contribution in [0.4, 0.5) is 5.69 Å². The van der Waals surface area contributed by atoms with Gasteiger partial charge >= 0.3 is 5.97 Å². The molecule has 0 amide bonds. The third-order valence-electron chi connectivity index (χ3n) is 8.58. The number of benzene rings is 2. The molecule has 1 N–H and O–H groups in total. The van der Waals surface area contributed by atoms with Crippen molar-refractivity contribution >= 4 is 51.3 Å². The number of carboxylic acid groups (broad SMARTS) is 1. The van der Waals surface area contributed by atoms with Gasteiger partial charge in [-0.2, -0.15) is 0 Å². The Morgan fingerprint density at radius 1 is 1.08 bits per heavy atom. The fourth-order valence-electron chi connectivity index (χ4n) is 6.26. The van der Waals surface area contributed by atoms with Crippen molar-refractivity contribution < 1.29 is 14.4 Å². The molecule has 2 aromatic carbocycles. The Morgan fingerprint density at radius 3 is 2.45 bits per heavy atom. The van der Waals surface area contributed by atoms with Crippen LogP contribution in [0.15, 0.2) is 53.1 Å².